The third-order valence-electron chi connectivity index (χ3n) is 3.32. The van der Waals surface area contributed by atoms with Gasteiger partial charge >= 0.3 is 6.18 Å². The first-order valence-electron chi connectivity index (χ1n) is 6.34. The van der Waals surface area contributed by atoms with Gasteiger partial charge in [0.25, 0.3) is 5.91 Å². The summed E-state index contributed by atoms with van der Waals surface area (Å²) in [5, 5.41) is 2.92. The average Bonchev–Trinajstić information content (AvgIpc) is 2.40. The molecule has 0 aromatic carbocycles. The summed E-state index contributed by atoms with van der Waals surface area (Å²) in [7, 11) is 0. The molecule has 0 saturated heterocycles. The molecule has 0 atom stereocenters. The summed E-state index contributed by atoms with van der Waals surface area (Å²) in [6.07, 6.45) is -0.563. The number of pyridine rings is 1. The van der Waals surface area contributed by atoms with Crippen LogP contribution in [0.15, 0.2) is 18.3 Å². The molecule has 1 aromatic rings. The first-order chi connectivity index (χ1) is 9.36. The zero-order valence-corrected chi connectivity index (χ0v) is 11.3. The van der Waals surface area contributed by atoms with E-state index in [-0.39, 0.29) is 17.1 Å². The number of hydrogen-bond donors (Lipinski definition) is 1. The van der Waals surface area contributed by atoms with Gasteiger partial charge < -0.3 is 5.32 Å². The van der Waals surface area contributed by atoms with Gasteiger partial charge in [-0.2, -0.15) is 13.2 Å². The first-order valence-corrected chi connectivity index (χ1v) is 6.78. The highest BCUT2D eigenvalue weighted by molar-refractivity contribution is 6.20. The number of carbonyl (C=O) groups excluding carboxylic acids is 1. The highest BCUT2D eigenvalue weighted by Crippen LogP contribution is 2.28. The van der Waals surface area contributed by atoms with Gasteiger partial charge in [0.05, 0.1) is 5.56 Å². The van der Waals surface area contributed by atoms with Crippen molar-refractivity contribution < 1.29 is 18.0 Å². The molecule has 20 heavy (non-hydrogen) atoms. The molecule has 0 radical (unpaired) electrons. The van der Waals surface area contributed by atoms with Crippen LogP contribution in [-0.4, -0.2) is 22.3 Å². The van der Waals surface area contributed by atoms with E-state index in [1.807, 2.05) is 0 Å². The summed E-state index contributed by atoms with van der Waals surface area (Å²) in [4.78, 5) is 15.4. The lowest BCUT2D eigenvalue weighted by Crippen LogP contribution is -2.38. The predicted molar refractivity (Wildman–Crippen MR) is 68.6 cm³/mol. The molecule has 1 saturated carbocycles. The number of nitrogens with one attached hydrogen (secondary N) is 1. The van der Waals surface area contributed by atoms with Gasteiger partial charge in [-0.25, -0.2) is 0 Å². The Morgan fingerprint density at radius 3 is 2.40 bits per heavy atom. The minimum atomic E-state index is -4.44. The number of alkyl halides is 4. The Morgan fingerprint density at radius 2 is 1.90 bits per heavy atom. The minimum Gasteiger partial charge on any atom is -0.348 e. The van der Waals surface area contributed by atoms with Crippen molar-refractivity contribution in [3.63, 3.8) is 0 Å². The van der Waals surface area contributed by atoms with Crippen LogP contribution in [0.25, 0.3) is 0 Å². The van der Waals surface area contributed by atoms with E-state index in [9.17, 15) is 18.0 Å². The second-order valence-corrected chi connectivity index (χ2v) is 5.47. The van der Waals surface area contributed by atoms with E-state index >= 15 is 0 Å². The molecule has 110 valence electrons. The van der Waals surface area contributed by atoms with Gasteiger partial charge in [0.15, 0.2) is 0 Å². The molecule has 1 aliphatic carbocycles. The Balaban J connectivity index is 1.96. The summed E-state index contributed by atoms with van der Waals surface area (Å²) in [6.45, 7) is 0. The van der Waals surface area contributed by atoms with Gasteiger partial charge in [0.2, 0.25) is 0 Å². The van der Waals surface area contributed by atoms with Crippen LogP contribution >= 0.6 is 11.6 Å². The van der Waals surface area contributed by atoms with Crippen LogP contribution in [0.4, 0.5) is 13.2 Å². The van der Waals surface area contributed by atoms with Crippen LogP contribution in [0.2, 0.25) is 0 Å². The fraction of sp³-hybridized carbons (Fsp3) is 0.538. The number of aromatic nitrogens is 1. The number of carbonyl (C=O) groups is 1. The van der Waals surface area contributed by atoms with Crippen molar-refractivity contribution in [3.05, 3.63) is 29.6 Å². The van der Waals surface area contributed by atoms with Crippen LogP contribution in [-0.2, 0) is 6.18 Å². The van der Waals surface area contributed by atoms with Crippen molar-refractivity contribution in [1.29, 1.82) is 0 Å². The largest absolute Gasteiger partial charge is 0.417 e. The lowest BCUT2D eigenvalue weighted by Gasteiger charge is -2.25. The maximum absolute atomic E-state index is 12.4. The fourth-order valence-electron chi connectivity index (χ4n) is 2.15. The predicted octanol–water partition coefficient (Wildman–Crippen LogP) is 3.38. The van der Waals surface area contributed by atoms with Crippen LogP contribution < -0.4 is 5.32 Å². The molecule has 1 aromatic heterocycles. The first kappa shape index (κ1) is 15.1. The molecular weight excluding hydrogens is 293 g/mol. The molecule has 1 fully saturated rings. The van der Waals surface area contributed by atoms with E-state index in [0.717, 1.165) is 37.8 Å². The molecule has 0 spiro atoms. The van der Waals surface area contributed by atoms with Crippen molar-refractivity contribution in [2.45, 2.75) is 43.3 Å². The maximum Gasteiger partial charge on any atom is 0.417 e. The van der Waals surface area contributed by atoms with Gasteiger partial charge in [-0.05, 0) is 37.8 Å². The normalized spacial score (nSPS) is 23.4. The standard InChI is InChI=1S/C13H14ClF3N2O/c14-9-2-4-10(5-3-9)19-12(20)11-6-1-8(7-18-11)13(15,16)17/h1,6-7,9-10H,2-5H2,(H,19,20). The second kappa shape index (κ2) is 5.99. The van der Waals surface area contributed by atoms with Gasteiger partial charge in [-0.3, -0.25) is 9.78 Å². The zero-order chi connectivity index (χ0) is 14.8. The van der Waals surface area contributed by atoms with Gasteiger partial charge in [-0.1, -0.05) is 0 Å². The third kappa shape index (κ3) is 3.85. The molecule has 3 nitrogen and oxygen atoms in total. The van der Waals surface area contributed by atoms with E-state index in [1.165, 1.54) is 0 Å². The number of nitrogens with zero attached hydrogens (tertiary/aromatic N) is 1. The molecule has 0 aliphatic heterocycles. The molecule has 0 bridgehead atoms. The number of amides is 1. The van der Waals surface area contributed by atoms with Gasteiger partial charge in [-0.15, -0.1) is 11.6 Å². The van der Waals surface area contributed by atoms with Gasteiger partial charge in [0.1, 0.15) is 5.69 Å². The molecule has 1 aliphatic rings. The zero-order valence-electron chi connectivity index (χ0n) is 10.6. The van der Waals surface area contributed by atoms with E-state index in [4.69, 9.17) is 11.6 Å². The average molecular weight is 307 g/mol. The molecule has 0 unspecified atom stereocenters. The fourth-order valence-corrected chi connectivity index (χ4v) is 2.40. The highest BCUT2D eigenvalue weighted by Gasteiger charge is 2.31. The summed E-state index contributed by atoms with van der Waals surface area (Å²) >= 11 is 5.96. The van der Waals surface area contributed by atoms with Crippen molar-refractivity contribution >= 4 is 17.5 Å². The third-order valence-corrected chi connectivity index (χ3v) is 3.75. The molecule has 1 N–H and O–H groups in total. The summed E-state index contributed by atoms with van der Waals surface area (Å²) in [6, 6.07) is 1.96. The number of halogens is 4. The van der Waals surface area contributed by atoms with Crippen LogP contribution in [0, 0.1) is 0 Å². The number of hydrogen-bond acceptors (Lipinski definition) is 2. The maximum atomic E-state index is 12.4. The van der Waals surface area contributed by atoms with Crippen molar-refractivity contribution in [2.75, 3.05) is 0 Å². The molecule has 1 amide bonds. The quantitative estimate of drug-likeness (QED) is 0.851. The smallest absolute Gasteiger partial charge is 0.348 e. The number of rotatable bonds is 2. The SMILES string of the molecule is O=C(NC1CCC(Cl)CC1)c1ccc(C(F)(F)F)cn1. The Labute approximate surface area is 119 Å². The van der Waals surface area contributed by atoms with Crippen molar-refractivity contribution in [3.8, 4) is 0 Å². The Morgan fingerprint density at radius 1 is 1.25 bits per heavy atom. The molecular formula is C13H14ClF3N2O. The Bertz CT molecular complexity index is 467. The molecule has 2 rings (SSSR count). The van der Waals surface area contributed by atoms with E-state index in [0.29, 0.717) is 6.20 Å². The highest BCUT2D eigenvalue weighted by atomic mass is 35.5. The topological polar surface area (TPSA) is 42.0 Å². The second-order valence-electron chi connectivity index (χ2n) is 4.85. The van der Waals surface area contributed by atoms with Crippen molar-refractivity contribution in [2.24, 2.45) is 0 Å². The Kier molecular flexibility index (Phi) is 4.52. The molecule has 1 heterocycles. The van der Waals surface area contributed by atoms with E-state index in [2.05, 4.69) is 10.3 Å². The van der Waals surface area contributed by atoms with E-state index in [1.54, 1.807) is 0 Å². The van der Waals surface area contributed by atoms with Gasteiger partial charge in [0, 0.05) is 17.6 Å². The lowest BCUT2D eigenvalue weighted by atomic mass is 9.95. The molecule has 7 heteroatoms. The minimum absolute atomic E-state index is 0.00834. The van der Waals surface area contributed by atoms with E-state index < -0.39 is 17.6 Å². The summed E-state index contributed by atoms with van der Waals surface area (Å²) < 4.78 is 37.1. The van der Waals surface area contributed by atoms with Crippen LogP contribution in [0.3, 0.4) is 0 Å². The monoisotopic (exact) mass is 306 g/mol. The van der Waals surface area contributed by atoms with Crippen LogP contribution in [0.1, 0.15) is 41.7 Å². The Hall–Kier alpha value is -1.30. The lowest BCUT2D eigenvalue weighted by molar-refractivity contribution is -0.137. The van der Waals surface area contributed by atoms with Crippen molar-refractivity contribution in [1.82, 2.24) is 10.3 Å². The summed E-state index contributed by atoms with van der Waals surface area (Å²) in [5.41, 5.74) is -0.873. The van der Waals surface area contributed by atoms with Crippen LogP contribution in [0.5, 0.6) is 0 Å². The summed E-state index contributed by atoms with van der Waals surface area (Å²) in [5.74, 6) is -0.447.